The largest absolute Gasteiger partial charge is 0.460 e. The molecule has 1 N–H and O–H groups in total. The van der Waals surface area contributed by atoms with Crippen molar-refractivity contribution < 1.29 is 14.6 Å². The molecule has 108 valence electrons. The fourth-order valence-electron chi connectivity index (χ4n) is 3.58. The van der Waals surface area contributed by atoms with Gasteiger partial charge in [-0.2, -0.15) is 0 Å². The van der Waals surface area contributed by atoms with Gasteiger partial charge in [-0.05, 0) is 31.9 Å². The summed E-state index contributed by atoms with van der Waals surface area (Å²) in [6.45, 7) is 0.281. The molecule has 0 spiro atoms. The second kappa shape index (κ2) is 5.54. The number of rotatable bonds is 3. The third-order valence-corrected chi connectivity index (χ3v) is 4.73. The number of hydrogen-bond donors (Lipinski definition) is 1. The Balaban J connectivity index is 1.64. The van der Waals surface area contributed by atoms with Crippen molar-refractivity contribution in [2.45, 2.75) is 44.1 Å². The summed E-state index contributed by atoms with van der Waals surface area (Å²) >= 11 is 0. The first kappa shape index (κ1) is 13.6. The molecular formula is C16H21NO3. The molecule has 2 heterocycles. The van der Waals surface area contributed by atoms with Crippen LogP contribution in [0.25, 0.3) is 0 Å². The van der Waals surface area contributed by atoms with Crippen molar-refractivity contribution in [3.63, 3.8) is 0 Å². The predicted octanol–water partition coefficient (Wildman–Crippen LogP) is 1.57. The normalized spacial score (nSPS) is 33.1. The lowest BCUT2D eigenvalue weighted by Gasteiger charge is -2.39. The number of fused-ring (bicyclic) bond motifs is 2. The smallest absolute Gasteiger partial charge is 0.313 e. The first-order valence-corrected chi connectivity index (χ1v) is 7.27. The lowest BCUT2D eigenvalue weighted by atomic mass is 9.88. The molecule has 2 aliphatic heterocycles. The Morgan fingerprint density at radius 3 is 2.85 bits per heavy atom. The number of aliphatic hydroxyl groups excluding tert-OH is 1. The summed E-state index contributed by atoms with van der Waals surface area (Å²) in [4.78, 5) is 14.5. The Hall–Kier alpha value is -1.39. The van der Waals surface area contributed by atoms with Gasteiger partial charge in [-0.3, -0.25) is 9.69 Å². The zero-order valence-corrected chi connectivity index (χ0v) is 11.7. The summed E-state index contributed by atoms with van der Waals surface area (Å²) in [7, 11) is 2.05. The number of aliphatic hydroxyl groups is 1. The van der Waals surface area contributed by atoms with Crippen LogP contribution in [0.2, 0.25) is 0 Å². The zero-order chi connectivity index (χ0) is 14.1. The number of esters is 1. The zero-order valence-electron chi connectivity index (χ0n) is 11.7. The lowest BCUT2D eigenvalue weighted by molar-refractivity contribution is -0.160. The van der Waals surface area contributed by atoms with Gasteiger partial charge in [0.2, 0.25) is 0 Å². The van der Waals surface area contributed by atoms with E-state index in [1.807, 2.05) is 37.4 Å². The maximum atomic E-state index is 12.3. The highest BCUT2D eigenvalue weighted by Crippen LogP contribution is 2.38. The van der Waals surface area contributed by atoms with Crippen molar-refractivity contribution in [1.29, 1.82) is 0 Å². The molecule has 4 atom stereocenters. The molecule has 2 bridgehead atoms. The van der Waals surface area contributed by atoms with E-state index in [9.17, 15) is 9.90 Å². The average molecular weight is 275 g/mol. The molecule has 0 unspecified atom stereocenters. The number of piperidine rings is 1. The highest BCUT2D eigenvalue weighted by molar-refractivity contribution is 5.74. The molecule has 2 saturated heterocycles. The van der Waals surface area contributed by atoms with Gasteiger partial charge >= 0.3 is 5.97 Å². The topological polar surface area (TPSA) is 49.8 Å². The molecule has 4 nitrogen and oxygen atoms in total. The van der Waals surface area contributed by atoms with Crippen LogP contribution in [-0.4, -0.2) is 41.2 Å². The number of ether oxygens (including phenoxy) is 1. The van der Waals surface area contributed by atoms with Crippen LogP contribution < -0.4 is 0 Å². The summed E-state index contributed by atoms with van der Waals surface area (Å²) in [5.74, 6) is -0.666. The van der Waals surface area contributed by atoms with E-state index in [-0.39, 0.29) is 18.6 Å². The van der Waals surface area contributed by atoms with Gasteiger partial charge in [0, 0.05) is 12.1 Å². The van der Waals surface area contributed by atoms with Crippen LogP contribution in [0.5, 0.6) is 0 Å². The average Bonchev–Trinajstić information content (AvgIpc) is 2.71. The lowest BCUT2D eigenvalue weighted by Crippen LogP contribution is -2.52. The number of carbonyl (C=O) groups is 1. The molecule has 1 aromatic rings. The second-order valence-electron chi connectivity index (χ2n) is 5.89. The third kappa shape index (κ3) is 2.45. The molecule has 0 aliphatic carbocycles. The van der Waals surface area contributed by atoms with Crippen molar-refractivity contribution in [3.05, 3.63) is 35.9 Å². The fourth-order valence-corrected chi connectivity index (χ4v) is 3.58. The van der Waals surface area contributed by atoms with Crippen LogP contribution in [0, 0.1) is 5.92 Å². The summed E-state index contributed by atoms with van der Waals surface area (Å²) in [5, 5.41) is 10.2. The third-order valence-electron chi connectivity index (χ3n) is 4.73. The first-order chi connectivity index (χ1) is 9.66. The maximum Gasteiger partial charge on any atom is 0.313 e. The van der Waals surface area contributed by atoms with Gasteiger partial charge in [-0.15, -0.1) is 0 Å². The number of hydrogen-bond acceptors (Lipinski definition) is 4. The maximum absolute atomic E-state index is 12.3. The second-order valence-corrected chi connectivity index (χ2v) is 5.89. The number of benzene rings is 1. The van der Waals surface area contributed by atoms with Gasteiger partial charge in [0.05, 0.1) is 12.0 Å². The first-order valence-electron chi connectivity index (χ1n) is 7.27. The van der Waals surface area contributed by atoms with Crippen molar-refractivity contribution in [1.82, 2.24) is 4.90 Å². The summed E-state index contributed by atoms with van der Waals surface area (Å²) in [5.41, 5.74) is 0.976. The molecule has 4 heteroatoms. The minimum absolute atomic E-state index is 0.132. The molecule has 0 aromatic heterocycles. The van der Waals surface area contributed by atoms with E-state index in [2.05, 4.69) is 4.90 Å². The molecule has 0 amide bonds. The highest BCUT2D eigenvalue weighted by Gasteiger charge is 2.48. The molecule has 1 aromatic carbocycles. The Morgan fingerprint density at radius 1 is 1.35 bits per heavy atom. The molecule has 2 fully saturated rings. The minimum atomic E-state index is -0.563. The Kier molecular flexibility index (Phi) is 3.76. The van der Waals surface area contributed by atoms with Crippen LogP contribution in [0.1, 0.15) is 24.8 Å². The molecule has 0 saturated carbocycles. The monoisotopic (exact) mass is 275 g/mol. The van der Waals surface area contributed by atoms with Gasteiger partial charge < -0.3 is 9.84 Å². The summed E-state index contributed by atoms with van der Waals surface area (Å²) in [6.07, 6.45) is 2.16. The van der Waals surface area contributed by atoms with Crippen LogP contribution in [0.3, 0.4) is 0 Å². The summed E-state index contributed by atoms with van der Waals surface area (Å²) < 4.78 is 5.41. The number of carbonyl (C=O) groups excluding carboxylic acids is 1. The van der Waals surface area contributed by atoms with E-state index in [1.54, 1.807) is 0 Å². The quantitative estimate of drug-likeness (QED) is 0.851. The fraction of sp³-hybridized carbons (Fsp3) is 0.562. The van der Waals surface area contributed by atoms with Crippen LogP contribution >= 0.6 is 0 Å². The Labute approximate surface area is 119 Å². The van der Waals surface area contributed by atoms with Gasteiger partial charge in [0.15, 0.2) is 0 Å². The summed E-state index contributed by atoms with van der Waals surface area (Å²) in [6, 6.07) is 10.2. The molecule has 3 rings (SSSR count). The molecule has 0 radical (unpaired) electrons. The van der Waals surface area contributed by atoms with E-state index in [0.29, 0.717) is 12.5 Å². The van der Waals surface area contributed by atoms with Crippen molar-refractivity contribution in [3.8, 4) is 0 Å². The SMILES string of the molecule is CN1[C@@H]2CC[C@H]1[C@H](C(=O)OCc1ccccc1)[C@@H](O)C2. The van der Waals surface area contributed by atoms with Crippen LogP contribution in [0.15, 0.2) is 30.3 Å². The van der Waals surface area contributed by atoms with E-state index in [1.165, 1.54) is 0 Å². The van der Waals surface area contributed by atoms with Crippen molar-refractivity contribution in [2.75, 3.05) is 7.05 Å². The van der Waals surface area contributed by atoms with E-state index >= 15 is 0 Å². The standard InChI is InChI=1S/C16H21NO3/c1-17-12-7-8-13(17)15(14(18)9-12)16(19)20-10-11-5-3-2-4-6-11/h2-6,12-15,18H,7-10H2,1H3/t12-,13+,14+,15+/m1/s1. The van der Waals surface area contributed by atoms with Crippen LogP contribution in [0.4, 0.5) is 0 Å². The minimum Gasteiger partial charge on any atom is -0.460 e. The van der Waals surface area contributed by atoms with Gasteiger partial charge in [0.25, 0.3) is 0 Å². The van der Waals surface area contributed by atoms with Crippen LogP contribution in [-0.2, 0) is 16.1 Å². The van der Waals surface area contributed by atoms with Gasteiger partial charge in [-0.1, -0.05) is 30.3 Å². The van der Waals surface area contributed by atoms with E-state index in [4.69, 9.17) is 4.74 Å². The predicted molar refractivity (Wildman–Crippen MR) is 74.9 cm³/mol. The van der Waals surface area contributed by atoms with Gasteiger partial charge in [0.1, 0.15) is 6.61 Å². The Bertz CT molecular complexity index is 476. The van der Waals surface area contributed by atoms with Crippen molar-refractivity contribution in [2.24, 2.45) is 5.92 Å². The highest BCUT2D eigenvalue weighted by atomic mass is 16.5. The molecule has 20 heavy (non-hydrogen) atoms. The van der Waals surface area contributed by atoms with E-state index in [0.717, 1.165) is 18.4 Å². The number of nitrogens with zero attached hydrogens (tertiary/aromatic N) is 1. The molecular weight excluding hydrogens is 254 g/mol. The molecule has 2 aliphatic rings. The Morgan fingerprint density at radius 2 is 2.10 bits per heavy atom. The van der Waals surface area contributed by atoms with E-state index < -0.39 is 12.0 Å². The van der Waals surface area contributed by atoms with Crippen molar-refractivity contribution >= 4 is 5.97 Å². The van der Waals surface area contributed by atoms with Gasteiger partial charge in [-0.25, -0.2) is 0 Å².